The molecule has 124 valence electrons. The van der Waals surface area contributed by atoms with Gasteiger partial charge in [-0.3, -0.25) is 9.59 Å². The lowest BCUT2D eigenvalue weighted by molar-refractivity contribution is -0.142. The lowest BCUT2D eigenvalue weighted by atomic mass is 10.1. The second-order valence-electron chi connectivity index (χ2n) is 4.97. The van der Waals surface area contributed by atoms with E-state index in [4.69, 9.17) is 9.47 Å². The molecule has 7 heteroatoms. The zero-order chi connectivity index (χ0) is 16.4. The maximum Gasteiger partial charge on any atom is 0.226 e. The van der Waals surface area contributed by atoms with Gasteiger partial charge in [-0.05, 0) is 13.8 Å². The SMILES string of the molecule is CCOCCC(=O)N1CCN(C(=O)CCOCC)C(C#N)C1. The van der Waals surface area contributed by atoms with Gasteiger partial charge in [0, 0.05) is 26.3 Å². The summed E-state index contributed by atoms with van der Waals surface area (Å²) in [5.41, 5.74) is 0. The molecular weight excluding hydrogens is 286 g/mol. The van der Waals surface area contributed by atoms with E-state index in [2.05, 4.69) is 6.07 Å². The number of nitrogens with zero attached hydrogens (tertiary/aromatic N) is 3. The molecule has 0 aliphatic carbocycles. The molecule has 1 fully saturated rings. The highest BCUT2D eigenvalue weighted by atomic mass is 16.5. The Morgan fingerprint density at radius 1 is 1.09 bits per heavy atom. The fourth-order valence-corrected chi connectivity index (χ4v) is 2.33. The van der Waals surface area contributed by atoms with Gasteiger partial charge >= 0.3 is 0 Å². The molecule has 1 heterocycles. The number of ether oxygens (including phenoxy) is 2. The summed E-state index contributed by atoms with van der Waals surface area (Å²) in [4.78, 5) is 27.3. The van der Waals surface area contributed by atoms with Gasteiger partial charge < -0.3 is 19.3 Å². The third-order valence-corrected chi connectivity index (χ3v) is 3.53. The predicted octanol–water partition coefficient (Wildman–Crippen LogP) is 0.403. The number of hydrogen-bond acceptors (Lipinski definition) is 5. The summed E-state index contributed by atoms with van der Waals surface area (Å²) in [6.45, 7) is 6.77. The second-order valence-corrected chi connectivity index (χ2v) is 4.97. The molecule has 7 nitrogen and oxygen atoms in total. The molecule has 1 rings (SSSR count). The first kappa shape index (κ1) is 18.4. The molecule has 1 aliphatic rings. The molecule has 0 radical (unpaired) electrons. The lowest BCUT2D eigenvalue weighted by Crippen LogP contribution is -2.56. The van der Waals surface area contributed by atoms with Crippen molar-refractivity contribution in [3.63, 3.8) is 0 Å². The molecule has 0 spiro atoms. The van der Waals surface area contributed by atoms with E-state index in [1.807, 2.05) is 13.8 Å². The van der Waals surface area contributed by atoms with Crippen molar-refractivity contribution in [3.8, 4) is 6.07 Å². The van der Waals surface area contributed by atoms with Crippen molar-refractivity contribution in [2.24, 2.45) is 0 Å². The van der Waals surface area contributed by atoms with Crippen molar-refractivity contribution in [3.05, 3.63) is 0 Å². The quantitative estimate of drug-likeness (QED) is 0.606. The minimum absolute atomic E-state index is 0.0323. The summed E-state index contributed by atoms with van der Waals surface area (Å²) in [6.07, 6.45) is 0.578. The molecule has 0 saturated carbocycles. The third kappa shape index (κ3) is 5.62. The van der Waals surface area contributed by atoms with E-state index in [1.54, 1.807) is 9.80 Å². The number of carbonyl (C=O) groups is 2. The number of carbonyl (C=O) groups excluding carboxylic acids is 2. The highest BCUT2D eigenvalue weighted by molar-refractivity contribution is 5.79. The number of rotatable bonds is 8. The highest BCUT2D eigenvalue weighted by Gasteiger charge is 2.31. The molecule has 1 saturated heterocycles. The van der Waals surface area contributed by atoms with Crippen LogP contribution < -0.4 is 0 Å². The topological polar surface area (TPSA) is 82.9 Å². The van der Waals surface area contributed by atoms with Crippen LogP contribution in [0.5, 0.6) is 0 Å². The van der Waals surface area contributed by atoms with Gasteiger partial charge in [-0.2, -0.15) is 5.26 Å². The molecule has 1 unspecified atom stereocenters. The number of amides is 2. The Morgan fingerprint density at radius 2 is 1.68 bits per heavy atom. The largest absolute Gasteiger partial charge is 0.381 e. The Labute approximate surface area is 131 Å². The van der Waals surface area contributed by atoms with Gasteiger partial charge in [0.2, 0.25) is 11.8 Å². The van der Waals surface area contributed by atoms with E-state index >= 15 is 0 Å². The Balaban J connectivity index is 2.48. The summed E-state index contributed by atoms with van der Waals surface area (Å²) >= 11 is 0. The number of hydrogen-bond donors (Lipinski definition) is 0. The second kappa shape index (κ2) is 10.1. The Morgan fingerprint density at radius 3 is 2.23 bits per heavy atom. The average molecular weight is 311 g/mol. The van der Waals surface area contributed by atoms with Crippen LogP contribution >= 0.6 is 0 Å². The van der Waals surface area contributed by atoms with E-state index in [-0.39, 0.29) is 24.8 Å². The van der Waals surface area contributed by atoms with Crippen LogP contribution in [-0.2, 0) is 19.1 Å². The Bertz CT molecular complexity index is 408. The first-order chi connectivity index (χ1) is 10.6. The zero-order valence-corrected chi connectivity index (χ0v) is 13.4. The molecule has 0 aromatic carbocycles. The molecule has 0 aromatic rings. The van der Waals surface area contributed by atoms with Gasteiger partial charge in [0.15, 0.2) is 0 Å². The monoisotopic (exact) mass is 311 g/mol. The van der Waals surface area contributed by atoms with Gasteiger partial charge in [0.25, 0.3) is 0 Å². The Kier molecular flexibility index (Phi) is 8.48. The van der Waals surface area contributed by atoms with E-state index < -0.39 is 6.04 Å². The van der Waals surface area contributed by atoms with E-state index in [1.165, 1.54) is 0 Å². The van der Waals surface area contributed by atoms with Crippen molar-refractivity contribution in [2.75, 3.05) is 46.1 Å². The predicted molar refractivity (Wildman–Crippen MR) is 79.9 cm³/mol. The van der Waals surface area contributed by atoms with Gasteiger partial charge in [-0.25, -0.2) is 0 Å². The average Bonchev–Trinajstić information content (AvgIpc) is 2.54. The highest BCUT2D eigenvalue weighted by Crippen LogP contribution is 2.12. The van der Waals surface area contributed by atoms with Gasteiger partial charge in [-0.1, -0.05) is 0 Å². The van der Waals surface area contributed by atoms with Crippen LogP contribution in [0.4, 0.5) is 0 Å². The standard InChI is InChI=1S/C15H25N3O4/c1-3-21-9-5-14(19)17-7-8-18(13(11-16)12-17)15(20)6-10-22-4-2/h13H,3-10,12H2,1-2H3. The van der Waals surface area contributed by atoms with Crippen molar-refractivity contribution >= 4 is 11.8 Å². The molecule has 0 N–H and O–H groups in total. The van der Waals surface area contributed by atoms with Crippen molar-refractivity contribution in [1.29, 1.82) is 5.26 Å². The number of nitriles is 1. The summed E-state index contributed by atoms with van der Waals surface area (Å²) < 4.78 is 10.3. The fourth-order valence-electron chi connectivity index (χ4n) is 2.33. The fraction of sp³-hybridized carbons (Fsp3) is 0.800. The first-order valence-corrected chi connectivity index (χ1v) is 7.76. The van der Waals surface area contributed by atoms with Crippen molar-refractivity contribution in [2.45, 2.75) is 32.7 Å². The van der Waals surface area contributed by atoms with Crippen LogP contribution in [0.3, 0.4) is 0 Å². The maximum atomic E-state index is 12.1. The van der Waals surface area contributed by atoms with E-state index in [0.717, 1.165) is 0 Å². The third-order valence-electron chi connectivity index (χ3n) is 3.53. The smallest absolute Gasteiger partial charge is 0.226 e. The summed E-state index contributed by atoms with van der Waals surface area (Å²) in [7, 11) is 0. The van der Waals surface area contributed by atoms with Crippen LogP contribution in [0.25, 0.3) is 0 Å². The Hall–Kier alpha value is -1.65. The van der Waals surface area contributed by atoms with Crippen LogP contribution in [-0.4, -0.2) is 73.7 Å². The van der Waals surface area contributed by atoms with Crippen molar-refractivity contribution in [1.82, 2.24) is 9.80 Å². The first-order valence-electron chi connectivity index (χ1n) is 7.76. The van der Waals surface area contributed by atoms with Crippen LogP contribution in [0.15, 0.2) is 0 Å². The normalized spacial score (nSPS) is 18.1. The minimum atomic E-state index is -0.584. The van der Waals surface area contributed by atoms with Gasteiger partial charge in [0.1, 0.15) is 6.04 Å². The molecule has 2 amide bonds. The molecule has 1 aliphatic heterocycles. The lowest BCUT2D eigenvalue weighted by Gasteiger charge is -2.38. The van der Waals surface area contributed by atoms with E-state index in [0.29, 0.717) is 45.9 Å². The summed E-state index contributed by atoms with van der Waals surface area (Å²) in [5.74, 6) is -0.128. The zero-order valence-electron chi connectivity index (χ0n) is 13.4. The van der Waals surface area contributed by atoms with Crippen LogP contribution in [0.2, 0.25) is 0 Å². The van der Waals surface area contributed by atoms with Crippen LogP contribution in [0.1, 0.15) is 26.7 Å². The van der Waals surface area contributed by atoms with Crippen LogP contribution in [0, 0.1) is 11.3 Å². The van der Waals surface area contributed by atoms with Crippen molar-refractivity contribution < 1.29 is 19.1 Å². The van der Waals surface area contributed by atoms with Gasteiger partial charge in [0.05, 0.1) is 38.7 Å². The summed E-state index contributed by atoms with van der Waals surface area (Å²) in [5, 5.41) is 9.26. The number of piperazine rings is 1. The molecule has 0 bridgehead atoms. The molecule has 1 atom stereocenters. The van der Waals surface area contributed by atoms with E-state index in [9.17, 15) is 14.9 Å². The maximum absolute atomic E-state index is 12.1. The minimum Gasteiger partial charge on any atom is -0.381 e. The van der Waals surface area contributed by atoms with Gasteiger partial charge in [-0.15, -0.1) is 0 Å². The molecule has 0 aromatic heterocycles. The molecular formula is C15H25N3O4. The molecule has 22 heavy (non-hydrogen) atoms. The summed E-state index contributed by atoms with van der Waals surface area (Å²) in [6, 6.07) is 1.53.